The van der Waals surface area contributed by atoms with Crippen molar-refractivity contribution in [3.05, 3.63) is 34.9 Å². The second-order valence-corrected chi connectivity index (χ2v) is 5.10. The van der Waals surface area contributed by atoms with E-state index in [1.807, 2.05) is 23.6 Å². The number of nitrogens with one attached hydrogen (secondary N) is 1. The summed E-state index contributed by atoms with van der Waals surface area (Å²) in [6.45, 7) is 0. The van der Waals surface area contributed by atoms with E-state index < -0.39 is 5.97 Å². The van der Waals surface area contributed by atoms with Crippen molar-refractivity contribution in [1.82, 2.24) is 15.0 Å². The van der Waals surface area contributed by atoms with Gasteiger partial charge in [-0.25, -0.2) is 9.97 Å². The number of carboxylic acids is 1. The number of carbonyl (C=O) groups is 1. The van der Waals surface area contributed by atoms with Crippen LogP contribution in [0.5, 0.6) is 0 Å². The maximum atomic E-state index is 10.5. The van der Waals surface area contributed by atoms with E-state index in [4.69, 9.17) is 5.11 Å². The molecule has 6 heteroatoms. The van der Waals surface area contributed by atoms with Gasteiger partial charge in [0, 0.05) is 17.4 Å². The third kappa shape index (κ3) is 2.48. The Kier molecular flexibility index (Phi) is 3.00. The Labute approximate surface area is 113 Å². The molecule has 3 rings (SSSR count). The molecule has 0 amide bonds. The van der Waals surface area contributed by atoms with Gasteiger partial charge in [0.2, 0.25) is 0 Å². The van der Waals surface area contributed by atoms with Crippen molar-refractivity contribution in [2.75, 3.05) is 0 Å². The highest BCUT2D eigenvalue weighted by atomic mass is 32.1. The molecule has 1 aromatic carbocycles. The zero-order valence-electron chi connectivity index (χ0n) is 9.96. The SMILES string of the molecule is O=C(O)CCc1nc(-c2ccc3nc[nH]c3c2)cs1. The number of hydrogen-bond donors (Lipinski definition) is 2. The second kappa shape index (κ2) is 4.81. The lowest BCUT2D eigenvalue weighted by Crippen LogP contribution is -1.96. The van der Waals surface area contributed by atoms with Crippen LogP contribution in [0.4, 0.5) is 0 Å². The summed E-state index contributed by atoms with van der Waals surface area (Å²) in [5, 5.41) is 11.5. The predicted molar refractivity (Wildman–Crippen MR) is 73.2 cm³/mol. The first kappa shape index (κ1) is 11.9. The van der Waals surface area contributed by atoms with Crippen LogP contribution < -0.4 is 0 Å². The van der Waals surface area contributed by atoms with Crippen LogP contribution in [0, 0.1) is 0 Å². The van der Waals surface area contributed by atoms with Gasteiger partial charge >= 0.3 is 5.97 Å². The average Bonchev–Trinajstić information content (AvgIpc) is 3.04. The molecule has 2 N–H and O–H groups in total. The highest BCUT2D eigenvalue weighted by molar-refractivity contribution is 7.09. The molecule has 0 aliphatic rings. The number of thiazole rings is 1. The van der Waals surface area contributed by atoms with Gasteiger partial charge in [-0.05, 0) is 12.1 Å². The summed E-state index contributed by atoms with van der Waals surface area (Å²) in [5.74, 6) is -0.796. The summed E-state index contributed by atoms with van der Waals surface area (Å²) in [6.07, 6.45) is 2.26. The number of fused-ring (bicyclic) bond motifs is 1. The van der Waals surface area contributed by atoms with Crippen molar-refractivity contribution in [3.63, 3.8) is 0 Å². The second-order valence-electron chi connectivity index (χ2n) is 4.15. The molecule has 0 unspecified atom stereocenters. The number of hydrogen-bond acceptors (Lipinski definition) is 4. The first-order valence-electron chi connectivity index (χ1n) is 5.82. The summed E-state index contributed by atoms with van der Waals surface area (Å²) < 4.78 is 0. The molecule has 2 aromatic heterocycles. The quantitative estimate of drug-likeness (QED) is 0.766. The van der Waals surface area contributed by atoms with Crippen LogP contribution >= 0.6 is 11.3 Å². The first-order chi connectivity index (χ1) is 9.22. The van der Waals surface area contributed by atoms with E-state index in [9.17, 15) is 4.79 Å². The molecule has 96 valence electrons. The number of imidazole rings is 1. The van der Waals surface area contributed by atoms with E-state index in [0.717, 1.165) is 27.3 Å². The molecule has 3 aromatic rings. The lowest BCUT2D eigenvalue weighted by Gasteiger charge is -1.96. The Morgan fingerprint density at radius 1 is 1.42 bits per heavy atom. The number of aromatic nitrogens is 3. The maximum Gasteiger partial charge on any atom is 0.303 e. The number of aliphatic carboxylic acids is 1. The molecular weight excluding hydrogens is 262 g/mol. The van der Waals surface area contributed by atoms with E-state index in [-0.39, 0.29) is 6.42 Å². The van der Waals surface area contributed by atoms with Crippen LogP contribution in [0.1, 0.15) is 11.4 Å². The van der Waals surface area contributed by atoms with Gasteiger partial charge in [0.1, 0.15) is 0 Å². The number of benzene rings is 1. The van der Waals surface area contributed by atoms with Crippen LogP contribution in [-0.4, -0.2) is 26.0 Å². The molecule has 0 atom stereocenters. The lowest BCUT2D eigenvalue weighted by molar-refractivity contribution is -0.136. The van der Waals surface area contributed by atoms with Crippen molar-refractivity contribution in [1.29, 1.82) is 0 Å². The van der Waals surface area contributed by atoms with Crippen LogP contribution in [0.25, 0.3) is 22.3 Å². The smallest absolute Gasteiger partial charge is 0.303 e. The van der Waals surface area contributed by atoms with Crippen LogP contribution in [0.15, 0.2) is 29.9 Å². The molecule has 0 saturated carbocycles. The van der Waals surface area contributed by atoms with Crippen molar-refractivity contribution >= 4 is 28.3 Å². The molecule has 19 heavy (non-hydrogen) atoms. The van der Waals surface area contributed by atoms with Crippen LogP contribution in [0.3, 0.4) is 0 Å². The third-order valence-electron chi connectivity index (χ3n) is 2.82. The minimum atomic E-state index is -0.796. The Morgan fingerprint density at radius 3 is 3.16 bits per heavy atom. The number of rotatable bonds is 4. The van der Waals surface area contributed by atoms with Gasteiger partial charge in [0.25, 0.3) is 0 Å². The Balaban J connectivity index is 1.86. The van der Waals surface area contributed by atoms with Crippen molar-refractivity contribution in [2.24, 2.45) is 0 Å². The van der Waals surface area contributed by atoms with Gasteiger partial charge in [-0.3, -0.25) is 4.79 Å². The summed E-state index contributed by atoms with van der Waals surface area (Å²) in [6, 6.07) is 5.91. The van der Waals surface area contributed by atoms with Crippen molar-refractivity contribution in [3.8, 4) is 11.3 Å². The molecule has 0 spiro atoms. The molecule has 5 nitrogen and oxygen atoms in total. The predicted octanol–water partition coefficient (Wildman–Crippen LogP) is 2.70. The first-order valence-corrected chi connectivity index (χ1v) is 6.70. The fourth-order valence-corrected chi connectivity index (χ4v) is 2.67. The van der Waals surface area contributed by atoms with E-state index in [2.05, 4.69) is 15.0 Å². The Hall–Kier alpha value is -2.21. The largest absolute Gasteiger partial charge is 0.481 e. The highest BCUT2D eigenvalue weighted by Crippen LogP contribution is 2.25. The molecular formula is C13H11N3O2S. The van der Waals surface area contributed by atoms with Gasteiger partial charge in [-0.1, -0.05) is 6.07 Å². The highest BCUT2D eigenvalue weighted by Gasteiger charge is 2.07. The molecule has 0 saturated heterocycles. The average molecular weight is 273 g/mol. The lowest BCUT2D eigenvalue weighted by atomic mass is 10.1. The topological polar surface area (TPSA) is 78.9 Å². The van der Waals surface area contributed by atoms with Gasteiger partial charge in [-0.15, -0.1) is 11.3 Å². The zero-order chi connectivity index (χ0) is 13.2. The third-order valence-corrected chi connectivity index (χ3v) is 3.73. The summed E-state index contributed by atoms with van der Waals surface area (Å²) in [4.78, 5) is 22.2. The number of aromatic amines is 1. The monoisotopic (exact) mass is 273 g/mol. The summed E-state index contributed by atoms with van der Waals surface area (Å²) in [7, 11) is 0. The van der Waals surface area contributed by atoms with Gasteiger partial charge < -0.3 is 10.1 Å². The Bertz CT molecular complexity index is 732. The van der Waals surface area contributed by atoms with Gasteiger partial charge in [-0.2, -0.15) is 0 Å². The minimum Gasteiger partial charge on any atom is -0.481 e. The minimum absolute atomic E-state index is 0.118. The van der Waals surface area contributed by atoms with Gasteiger partial charge in [0.05, 0.1) is 34.5 Å². The van der Waals surface area contributed by atoms with Crippen molar-refractivity contribution in [2.45, 2.75) is 12.8 Å². The number of carboxylic acid groups (broad SMARTS) is 1. The molecule has 0 fully saturated rings. The van der Waals surface area contributed by atoms with Crippen LogP contribution in [-0.2, 0) is 11.2 Å². The van der Waals surface area contributed by atoms with E-state index >= 15 is 0 Å². The maximum absolute atomic E-state index is 10.5. The van der Waals surface area contributed by atoms with E-state index in [1.54, 1.807) is 6.33 Å². The number of aryl methyl sites for hydroxylation is 1. The Morgan fingerprint density at radius 2 is 2.32 bits per heavy atom. The number of H-pyrrole nitrogens is 1. The number of nitrogens with zero attached hydrogens (tertiary/aromatic N) is 2. The zero-order valence-corrected chi connectivity index (χ0v) is 10.8. The van der Waals surface area contributed by atoms with E-state index in [0.29, 0.717) is 6.42 Å². The molecule has 0 aliphatic carbocycles. The molecule has 0 aliphatic heterocycles. The fourth-order valence-electron chi connectivity index (χ4n) is 1.87. The molecule has 2 heterocycles. The van der Waals surface area contributed by atoms with Gasteiger partial charge in [0.15, 0.2) is 0 Å². The summed E-state index contributed by atoms with van der Waals surface area (Å²) in [5.41, 5.74) is 3.78. The van der Waals surface area contributed by atoms with Crippen LogP contribution in [0.2, 0.25) is 0 Å². The molecule has 0 radical (unpaired) electrons. The fraction of sp³-hybridized carbons (Fsp3) is 0.154. The standard InChI is InChI=1S/C13H11N3O2S/c17-13(18)4-3-12-16-11(6-19-12)8-1-2-9-10(5-8)15-7-14-9/h1-2,5-7H,3-4H2,(H,14,15)(H,17,18). The summed E-state index contributed by atoms with van der Waals surface area (Å²) >= 11 is 1.49. The van der Waals surface area contributed by atoms with E-state index in [1.165, 1.54) is 11.3 Å². The molecule has 0 bridgehead atoms. The van der Waals surface area contributed by atoms with Crippen molar-refractivity contribution < 1.29 is 9.90 Å². The normalized spacial score (nSPS) is 10.9.